The number of nitrogens with zero attached hydrogens (tertiary/aromatic N) is 2. The molecular formula is C14H14BrN3O. The first-order chi connectivity index (χ1) is 9.15. The fraction of sp³-hybridized carbons (Fsp3) is 0.143. The van der Waals surface area contributed by atoms with E-state index in [4.69, 9.17) is 0 Å². The molecule has 0 saturated carbocycles. The van der Waals surface area contributed by atoms with E-state index in [1.165, 1.54) is 0 Å². The molecule has 19 heavy (non-hydrogen) atoms. The average Bonchev–Trinajstić information content (AvgIpc) is 2.78. The quantitative estimate of drug-likeness (QED) is 0.683. The molecule has 0 aliphatic carbocycles. The molecule has 98 valence electrons. The summed E-state index contributed by atoms with van der Waals surface area (Å²) in [5, 5.41) is 3.93. The first-order valence-corrected chi connectivity index (χ1v) is 6.62. The molecule has 4 nitrogen and oxygen atoms in total. The van der Waals surface area contributed by atoms with Crippen molar-refractivity contribution in [3.05, 3.63) is 58.3 Å². The summed E-state index contributed by atoms with van der Waals surface area (Å²) >= 11 is 3.36. The van der Waals surface area contributed by atoms with Crippen molar-refractivity contribution in [3.8, 4) is 0 Å². The van der Waals surface area contributed by atoms with Gasteiger partial charge in [-0.1, -0.05) is 28.1 Å². The van der Waals surface area contributed by atoms with Crippen molar-refractivity contribution in [1.29, 1.82) is 0 Å². The van der Waals surface area contributed by atoms with Gasteiger partial charge in [0.2, 0.25) is 5.91 Å². The molecule has 1 amide bonds. The summed E-state index contributed by atoms with van der Waals surface area (Å²) in [4.78, 5) is 11.7. The minimum Gasteiger partial charge on any atom is -0.350 e. The van der Waals surface area contributed by atoms with Gasteiger partial charge in [0.05, 0.1) is 18.3 Å². The van der Waals surface area contributed by atoms with Crippen LogP contribution in [-0.2, 0) is 18.3 Å². The van der Waals surface area contributed by atoms with Crippen LogP contribution in [0.15, 0.2) is 52.2 Å². The number of hydrogen-bond acceptors (Lipinski definition) is 2. The molecule has 1 aromatic carbocycles. The van der Waals surface area contributed by atoms with Gasteiger partial charge in [-0.3, -0.25) is 4.79 Å². The Bertz CT molecular complexity index is 587. The zero-order valence-corrected chi connectivity index (χ0v) is 12.1. The number of carbonyl (C=O) groups excluding carboxylic acids is 1. The normalized spacial score (nSPS) is 10.8. The fourth-order valence-corrected chi connectivity index (χ4v) is 1.87. The largest absolute Gasteiger partial charge is 0.350 e. The van der Waals surface area contributed by atoms with E-state index in [2.05, 4.69) is 26.5 Å². The molecule has 0 atom stereocenters. The van der Waals surface area contributed by atoms with Gasteiger partial charge in [-0.25, -0.2) is 5.43 Å². The Labute approximate surface area is 120 Å². The highest BCUT2D eigenvalue weighted by atomic mass is 79.9. The molecule has 5 heteroatoms. The molecular weight excluding hydrogens is 306 g/mol. The first-order valence-electron chi connectivity index (χ1n) is 5.83. The monoisotopic (exact) mass is 319 g/mol. The summed E-state index contributed by atoms with van der Waals surface area (Å²) in [6, 6.07) is 11.5. The number of aryl methyl sites for hydroxylation is 1. The number of nitrogens with one attached hydrogen (secondary N) is 1. The highest BCUT2D eigenvalue weighted by Crippen LogP contribution is 2.10. The third-order valence-corrected chi connectivity index (χ3v) is 3.18. The summed E-state index contributed by atoms with van der Waals surface area (Å²) in [6.45, 7) is 0. The second-order valence-corrected chi connectivity index (χ2v) is 5.06. The zero-order chi connectivity index (χ0) is 13.7. The lowest BCUT2D eigenvalue weighted by atomic mass is 10.1. The Balaban J connectivity index is 1.86. The summed E-state index contributed by atoms with van der Waals surface area (Å²) < 4.78 is 2.92. The molecule has 0 spiro atoms. The van der Waals surface area contributed by atoms with Gasteiger partial charge in [0.25, 0.3) is 0 Å². The maximum Gasteiger partial charge on any atom is 0.244 e. The molecule has 0 fully saturated rings. The number of benzene rings is 1. The number of rotatable bonds is 4. The van der Waals surface area contributed by atoms with E-state index in [9.17, 15) is 4.79 Å². The van der Waals surface area contributed by atoms with Gasteiger partial charge >= 0.3 is 0 Å². The van der Waals surface area contributed by atoms with Crippen molar-refractivity contribution in [2.75, 3.05) is 0 Å². The van der Waals surface area contributed by atoms with E-state index in [1.54, 1.807) is 6.21 Å². The van der Waals surface area contributed by atoms with Crippen molar-refractivity contribution in [2.45, 2.75) is 6.42 Å². The number of hydrazone groups is 1. The Morgan fingerprint density at radius 1 is 1.37 bits per heavy atom. The second kappa shape index (κ2) is 6.33. The van der Waals surface area contributed by atoms with Crippen molar-refractivity contribution >= 4 is 28.1 Å². The van der Waals surface area contributed by atoms with Crippen LogP contribution >= 0.6 is 15.9 Å². The topological polar surface area (TPSA) is 46.4 Å². The van der Waals surface area contributed by atoms with Crippen molar-refractivity contribution < 1.29 is 4.79 Å². The lowest BCUT2D eigenvalue weighted by molar-refractivity contribution is -0.120. The van der Waals surface area contributed by atoms with Crippen molar-refractivity contribution in [1.82, 2.24) is 9.99 Å². The molecule has 0 aliphatic heterocycles. The zero-order valence-electron chi connectivity index (χ0n) is 10.5. The number of halogens is 1. The Kier molecular flexibility index (Phi) is 4.52. The van der Waals surface area contributed by atoms with Crippen LogP contribution in [-0.4, -0.2) is 16.7 Å². The number of aromatic nitrogens is 1. The summed E-state index contributed by atoms with van der Waals surface area (Å²) in [5.74, 6) is -0.132. The minimum atomic E-state index is -0.132. The van der Waals surface area contributed by atoms with Gasteiger partial charge in [-0.15, -0.1) is 0 Å². The third kappa shape index (κ3) is 4.06. The molecule has 1 aromatic heterocycles. The van der Waals surface area contributed by atoms with Crippen LogP contribution in [0.5, 0.6) is 0 Å². The van der Waals surface area contributed by atoms with E-state index < -0.39 is 0 Å². The maximum absolute atomic E-state index is 11.7. The van der Waals surface area contributed by atoms with Crippen LogP contribution in [0.1, 0.15) is 11.3 Å². The molecule has 1 heterocycles. The van der Waals surface area contributed by atoms with E-state index in [0.717, 1.165) is 15.7 Å². The Morgan fingerprint density at radius 2 is 2.11 bits per heavy atom. The lowest BCUT2D eigenvalue weighted by Gasteiger charge is -2.01. The molecule has 0 unspecified atom stereocenters. The van der Waals surface area contributed by atoms with Gasteiger partial charge in [-0.05, 0) is 29.8 Å². The maximum atomic E-state index is 11.7. The Hall–Kier alpha value is -1.88. The number of amides is 1. The molecule has 2 aromatic rings. The van der Waals surface area contributed by atoms with Gasteiger partial charge in [0, 0.05) is 17.7 Å². The molecule has 0 aliphatic rings. The van der Waals surface area contributed by atoms with Gasteiger partial charge in [0.15, 0.2) is 0 Å². The van der Waals surface area contributed by atoms with Gasteiger partial charge < -0.3 is 4.57 Å². The predicted octanol–water partition coefficient (Wildman–Crippen LogP) is 2.48. The lowest BCUT2D eigenvalue weighted by Crippen LogP contribution is -2.19. The van der Waals surface area contributed by atoms with E-state index in [-0.39, 0.29) is 5.91 Å². The van der Waals surface area contributed by atoms with Gasteiger partial charge in [-0.2, -0.15) is 5.10 Å². The van der Waals surface area contributed by atoms with Crippen LogP contribution in [0, 0.1) is 0 Å². The molecule has 0 bridgehead atoms. The Morgan fingerprint density at radius 3 is 2.74 bits per heavy atom. The second-order valence-electron chi connectivity index (χ2n) is 4.14. The van der Waals surface area contributed by atoms with E-state index >= 15 is 0 Å². The van der Waals surface area contributed by atoms with Gasteiger partial charge in [0.1, 0.15) is 0 Å². The van der Waals surface area contributed by atoms with E-state index in [1.807, 2.05) is 54.2 Å². The number of hydrogen-bond donors (Lipinski definition) is 1. The SMILES string of the molecule is Cn1cccc1/C=N\NC(=O)Cc1ccc(Br)cc1. The van der Waals surface area contributed by atoms with Crippen LogP contribution < -0.4 is 5.43 Å². The van der Waals surface area contributed by atoms with Crippen LogP contribution in [0.3, 0.4) is 0 Å². The smallest absolute Gasteiger partial charge is 0.244 e. The summed E-state index contributed by atoms with van der Waals surface area (Å²) in [6.07, 6.45) is 3.86. The average molecular weight is 320 g/mol. The fourth-order valence-electron chi connectivity index (χ4n) is 1.61. The molecule has 2 rings (SSSR count). The number of carbonyl (C=O) groups is 1. The van der Waals surface area contributed by atoms with Crippen molar-refractivity contribution in [3.63, 3.8) is 0 Å². The predicted molar refractivity (Wildman–Crippen MR) is 79.0 cm³/mol. The molecule has 0 radical (unpaired) electrons. The molecule has 0 saturated heterocycles. The summed E-state index contributed by atoms with van der Waals surface area (Å²) in [7, 11) is 1.92. The van der Waals surface area contributed by atoms with Crippen LogP contribution in [0.25, 0.3) is 0 Å². The van der Waals surface area contributed by atoms with Crippen molar-refractivity contribution in [2.24, 2.45) is 12.1 Å². The molecule has 1 N–H and O–H groups in total. The first kappa shape index (κ1) is 13.5. The van der Waals surface area contributed by atoms with Crippen LogP contribution in [0.2, 0.25) is 0 Å². The highest BCUT2D eigenvalue weighted by Gasteiger charge is 2.01. The van der Waals surface area contributed by atoms with E-state index in [0.29, 0.717) is 6.42 Å². The van der Waals surface area contributed by atoms with Crippen LogP contribution in [0.4, 0.5) is 0 Å². The standard InChI is InChI=1S/C14H14BrN3O/c1-18-8-2-3-13(18)10-16-17-14(19)9-11-4-6-12(15)7-5-11/h2-8,10H,9H2,1H3,(H,17,19)/b16-10-. The summed E-state index contributed by atoms with van der Waals surface area (Å²) in [5.41, 5.74) is 4.40. The third-order valence-electron chi connectivity index (χ3n) is 2.65. The highest BCUT2D eigenvalue weighted by molar-refractivity contribution is 9.10. The minimum absolute atomic E-state index is 0.132.